The smallest absolute Gasteiger partial charge is 0.319 e. The van der Waals surface area contributed by atoms with E-state index in [1.54, 1.807) is 36.0 Å². The normalized spacial score (nSPS) is 21.0. The van der Waals surface area contributed by atoms with Gasteiger partial charge in [0.1, 0.15) is 34.5 Å². The molecular weight excluding hydrogens is 944 g/mol. The van der Waals surface area contributed by atoms with Gasteiger partial charge in [-0.05, 0) is 94.4 Å². The highest BCUT2D eigenvalue weighted by molar-refractivity contribution is 6.29. The molecule has 3 aromatic heterocycles. The first-order chi connectivity index (χ1) is 33.7. The van der Waals surface area contributed by atoms with E-state index >= 15 is 0 Å². The predicted octanol–water partition coefficient (Wildman–Crippen LogP) is 3.76. The number of carbonyl (C=O) groups is 4. The Morgan fingerprint density at radius 2 is 1.10 bits per heavy atom. The van der Waals surface area contributed by atoms with Gasteiger partial charge in [-0.3, -0.25) is 14.4 Å². The Morgan fingerprint density at radius 3 is 1.59 bits per heavy atom. The average Bonchev–Trinajstić information content (AvgIpc) is 3.35. The molecule has 3 N–H and O–H groups in total. The number of morpholine rings is 3. The molecule has 21 nitrogen and oxygen atoms in total. The summed E-state index contributed by atoms with van der Waals surface area (Å²) in [5.74, 6) is 2.55. The van der Waals surface area contributed by atoms with Crippen LogP contribution in [0.2, 0.25) is 10.6 Å². The second kappa shape index (κ2) is 22.4. The molecule has 6 aliphatic rings. The molecule has 6 aliphatic heterocycles. The van der Waals surface area contributed by atoms with Crippen LogP contribution in [0, 0.1) is 0 Å². The highest BCUT2D eigenvalue weighted by Crippen LogP contribution is 2.33. The van der Waals surface area contributed by atoms with Crippen molar-refractivity contribution in [1.29, 1.82) is 0 Å². The van der Waals surface area contributed by atoms with Crippen molar-refractivity contribution < 1.29 is 33.4 Å². The Balaban J connectivity index is 0.000000147. The third-order valence-corrected chi connectivity index (χ3v) is 13.3. The number of nitrogens with zero attached hydrogens (tertiary/aromatic N) is 11. The topological polar surface area (TPSA) is 226 Å². The number of hydrogen-bond acceptors (Lipinski definition) is 16. The summed E-state index contributed by atoms with van der Waals surface area (Å²) in [6, 6.07) is 7.66. The maximum atomic E-state index is 12.9. The lowest BCUT2D eigenvalue weighted by atomic mass is 10.0. The molecule has 0 saturated carbocycles. The number of urea groups is 1. The van der Waals surface area contributed by atoms with Crippen LogP contribution < -0.4 is 30.7 Å². The minimum absolute atomic E-state index is 0.0819. The van der Waals surface area contributed by atoms with Gasteiger partial charge in [0.15, 0.2) is 5.82 Å². The van der Waals surface area contributed by atoms with Gasteiger partial charge in [-0.1, -0.05) is 0 Å². The van der Waals surface area contributed by atoms with Crippen molar-refractivity contribution in [2.45, 2.75) is 65.1 Å². The maximum Gasteiger partial charge on any atom is 0.319 e. The van der Waals surface area contributed by atoms with Gasteiger partial charge in [0.25, 0.3) is 17.7 Å². The number of hydrogen-bond donors (Lipinski definition) is 3. The zero-order valence-electron chi connectivity index (χ0n) is 40.4. The van der Waals surface area contributed by atoms with Crippen LogP contribution in [0.3, 0.4) is 0 Å². The van der Waals surface area contributed by atoms with Crippen molar-refractivity contribution in [2.75, 3.05) is 120 Å². The van der Waals surface area contributed by atoms with Gasteiger partial charge in [0.05, 0.1) is 57.8 Å². The number of likely N-dealkylation sites (N-methyl/N-ethyl adjacent to an activating group) is 2. The molecule has 70 heavy (non-hydrogen) atoms. The van der Waals surface area contributed by atoms with Crippen molar-refractivity contribution in [2.24, 2.45) is 0 Å². The van der Waals surface area contributed by atoms with Crippen LogP contribution in [-0.4, -0.2) is 181 Å². The standard InChI is InChI=1S/C22H28N6O3.C13H17ClN4O2.C12H15ClN4O2/c1-4-23-22(30)24-16-7-5-15(6-8-16)19-25-18-17(9-10-27(3)21(18)29)20(26-19)28-11-12-31-13-14(28)2;1-8-7-20-6-5-18(8)11-9-3-4-17(2)12(19)10(9)15-13(14)16-11;1-7-6-19-5-4-17(7)10-8-2-3-14-11(18)9(8)15-12(13)16-10/h5-8,14H,4,9-13H2,1-3H3,(H2,23,24,30);8H,3-7H2,1-2H3;7H,2-6H2,1H3,(H,14,18)/t14-;8-;7-/m000/s1. The van der Waals surface area contributed by atoms with E-state index in [-0.39, 0.29) is 52.4 Å². The summed E-state index contributed by atoms with van der Waals surface area (Å²) in [5.41, 5.74) is 5.48. The average molecular weight is 1000 g/mol. The molecule has 0 radical (unpaired) electrons. The number of aromatic nitrogens is 6. The summed E-state index contributed by atoms with van der Waals surface area (Å²) in [6.07, 6.45) is 2.22. The van der Waals surface area contributed by atoms with Gasteiger partial charge < -0.3 is 54.7 Å². The Bertz CT molecular complexity index is 2590. The number of nitrogens with one attached hydrogen (secondary N) is 3. The molecule has 23 heteroatoms. The van der Waals surface area contributed by atoms with Crippen LogP contribution in [0.25, 0.3) is 11.4 Å². The van der Waals surface area contributed by atoms with Crippen LogP contribution in [0.15, 0.2) is 24.3 Å². The van der Waals surface area contributed by atoms with E-state index in [4.69, 9.17) is 42.4 Å². The highest BCUT2D eigenvalue weighted by atomic mass is 35.5. The first kappa shape index (κ1) is 50.4. The lowest BCUT2D eigenvalue weighted by Gasteiger charge is -2.37. The van der Waals surface area contributed by atoms with Crippen LogP contribution in [0.4, 0.5) is 27.9 Å². The summed E-state index contributed by atoms with van der Waals surface area (Å²) >= 11 is 12.0. The molecule has 374 valence electrons. The number of anilines is 4. The first-order valence-corrected chi connectivity index (χ1v) is 24.5. The zero-order valence-corrected chi connectivity index (χ0v) is 41.9. The minimum Gasteiger partial charge on any atom is -0.377 e. The fourth-order valence-corrected chi connectivity index (χ4v) is 9.44. The fraction of sp³-hybridized carbons (Fsp3) is 0.532. The van der Waals surface area contributed by atoms with E-state index < -0.39 is 0 Å². The van der Waals surface area contributed by atoms with Crippen LogP contribution in [-0.2, 0) is 33.5 Å². The number of carbonyl (C=O) groups excluding carboxylic acids is 4. The first-order valence-electron chi connectivity index (χ1n) is 23.7. The number of rotatable bonds is 6. The van der Waals surface area contributed by atoms with Gasteiger partial charge >= 0.3 is 6.03 Å². The fourth-order valence-electron chi connectivity index (χ4n) is 9.11. The molecular formula is C47H60Cl2N14O7. The Labute approximate surface area is 417 Å². The lowest BCUT2D eigenvalue weighted by Crippen LogP contribution is -2.46. The Morgan fingerprint density at radius 1 is 0.643 bits per heavy atom. The SMILES string of the molecule is CCNC(=O)Nc1ccc(-c2nc3c(c(N4CCOC[C@@H]4C)n2)CCN(C)C3=O)cc1.C[C@H]1COCCN1c1nc(Cl)nc2c1CCN(C)C2=O.C[C@H]1COCCN1c1nc(Cl)nc2c1CCNC2=O. The van der Waals surface area contributed by atoms with Crippen molar-refractivity contribution in [3.05, 3.63) is 68.6 Å². The summed E-state index contributed by atoms with van der Waals surface area (Å²) < 4.78 is 16.5. The molecule has 10 rings (SSSR count). The van der Waals surface area contributed by atoms with Crippen molar-refractivity contribution >= 4 is 70.1 Å². The molecule has 5 amide bonds. The number of benzene rings is 1. The van der Waals surface area contributed by atoms with Crippen molar-refractivity contribution in [3.8, 4) is 11.4 Å². The Kier molecular flexibility index (Phi) is 16.1. The van der Waals surface area contributed by atoms with E-state index in [1.807, 2.05) is 19.1 Å². The van der Waals surface area contributed by atoms with E-state index in [2.05, 4.69) is 76.3 Å². The van der Waals surface area contributed by atoms with E-state index in [0.29, 0.717) is 94.4 Å². The highest BCUT2D eigenvalue weighted by Gasteiger charge is 2.34. The molecule has 3 saturated heterocycles. The molecule has 0 bridgehead atoms. The Hall–Kier alpha value is -6.00. The predicted molar refractivity (Wildman–Crippen MR) is 264 cm³/mol. The quantitative estimate of drug-likeness (QED) is 0.234. The molecule has 0 unspecified atom stereocenters. The van der Waals surface area contributed by atoms with Crippen molar-refractivity contribution in [3.63, 3.8) is 0 Å². The minimum atomic E-state index is -0.252. The number of halogens is 2. The summed E-state index contributed by atoms with van der Waals surface area (Å²) in [4.78, 5) is 85.1. The van der Waals surface area contributed by atoms with Gasteiger partial charge in [0, 0.05) is 87.8 Å². The van der Waals surface area contributed by atoms with Crippen LogP contribution in [0.5, 0.6) is 0 Å². The maximum absolute atomic E-state index is 12.9. The monoisotopic (exact) mass is 1000 g/mol. The molecule has 3 fully saturated rings. The lowest BCUT2D eigenvalue weighted by molar-refractivity contribution is 0.0765. The molecule has 4 aromatic rings. The molecule has 9 heterocycles. The largest absolute Gasteiger partial charge is 0.377 e. The van der Waals surface area contributed by atoms with E-state index in [0.717, 1.165) is 78.6 Å². The van der Waals surface area contributed by atoms with E-state index in [9.17, 15) is 19.2 Å². The molecule has 3 atom stereocenters. The number of fused-ring (bicyclic) bond motifs is 3. The van der Waals surface area contributed by atoms with Gasteiger partial charge in [-0.2, -0.15) is 0 Å². The van der Waals surface area contributed by atoms with Crippen LogP contribution >= 0.6 is 23.2 Å². The van der Waals surface area contributed by atoms with Crippen molar-refractivity contribution in [1.82, 2.24) is 50.3 Å². The second-order valence-electron chi connectivity index (χ2n) is 17.9. The second-order valence-corrected chi connectivity index (χ2v) is 18.5. The zero-order chi connectivity index (χ0) is 49.6. The van der Waals surface area contributed by atoms with Gasteiger partial charge in [0.2, 0.25) is 10.6 Å². The third kappa shape index (κ3) is 11.1. The van der Waals surface area contributed by atoms with Gasteiger partial charge in [-0.25, -0.2) is 34.7 Å². The summed E-state index contributed by atoms with van der Waals surface area (Å²) in [5, 5.41) is 8.50. The molecule has 0 spiro atoms. The molecule has 1 aromatic carbocycles. The number of amides is 5. The number of ether oxygens (including phenoxy) is 3. The third-order valence-electron chi connectivity index (χ3n) is 12.9. The summed E-state index contributed by atoms with van der Waals surface area (Å²) in [7, 11) is 3.57. The molecule has 0 aliphatic carbocycles. The van der Waals surface area contributed by atoms with E-state index in [1.165, 1.54) is 0 Å². The summed E-state index contributed by atoms with van der Waals surface area (Å²) in [6.45, 7) is 16.8. The van der Waals surface area contributed by atoms with Gasteiger partial charge in [-0.15, -0.1) is 0 Å². The van der Waals surface area contributed by atoms with Crippen LogP contribution in [0.1, 0.15) is 75.9 Å².